The van der Waals surface area contributed by atoms with Crippen LogP contribution >= 0.6 is 0 Å². The highest BCUT2D eigenvalue weighted by molar-refractivity contribution is 5.79. The molecule has 3 aliphatic rings. The van der Waals surface area contributed by atoms with Crippen molar-refractivity contribution in [1.29, 1.82) is 0 Å². The molecule has 1 spiro atoms. The molecular formula is C13H22N2O2. The fraction of sp³-hybridized carbons (Fsp3) is 0.923. The molecule has 1 aliphatic carbocycles. The van der Waals surface area contributed by atoms with Crippen LogP contribution < -0.4 is 10.6 Å². The van der Waals surface area contributed by atoms with E-state index in [1.165, 1.54) is 12.8 Å². The van der Waals surface area contributed by atoms with Gasteiger partial charge >= 0.3 is 0 Å². The minimum absolute atomic E-state index is 0.00678. The molecule has 1 amide bonds. The summed E-state index contributed by atoms with van der Waals surface area (Å²) in [7, 11) is 0. The summed E-state index contributed by atoms with van der Waals surface area (Å²) < 4.78 is 5.94. The van der Waals surface area contributed by atoms with Crippen LogP contribution in [0.4, 0.5) is 0 Å². The van der Waals surface area contributed by atoms with Crippen molar-refractivity contribution in [3.63, 3.8) is 0 Å². The zero-order chi connectivity index (χ0) is 11.7. The van der Waals surface area contributed by atoms with Gasteiger partial charge in [0, 0.05) is 6.54 Å². The number of ether oxygens (including phenoxy) is 1. The summed E-state index contributed by atoms with van der Waals surface area (Å²) >= 11 is 0. The third kappa shape index (κ3) is 2.63. The van der Waals surface area contributed by atoms with Crippen molar-refractivity contribution in [3.05, 3.63) is 0 Å². The predicted molar refractivity (Wildman–Crippen MR) is 64.6 cm³/mol. The molecule has 1 unspecified atom stereocenters. The molecule has 0 aromatic carbocycles. The van der Waals surface area contributed by atoms with Crippen molar-refractivity contribution in [3.8, 4) is 0 Å². The normalized spacial score (nSPS) is 31.6. The minimum atomic E-state index is 0.00678. The van der Waals surface area contributed by atoms with E-state index in [0.717, 1.165) is 44.8 Å². The lowest BCUT2D eigenvalue weighted by Gasteiger charge is -2.32. The molecule has 0 bridgehead atoms. The lowest BCUT2D eigenvalue weighted by molar-refractivity contribution is -0.125. The maximum Gasteiger partial charge on any atom is 0.225 e. The van der Waals surface area contributed by atoms with Crippen LogP contribution in [0.25, 0.3) is 0 Å². The number of hydrogen-bond acceptors (Lipinski definition) is 3. The zero-order valence-corrected chi connectivity index (χ0v) is 10.3. The Balaban J connectivity index is 1.49. The predicted octanol–water partition coefficient (Wildman–Crippen LogP) is 0.671. The summed E-state index contributed by atoms with van der Waals surface area (Å²) in [4.78, 5) is 12.0. The van der Waals surface area contributed by atoms with Gasteiger partial charge in [0.25, 0.3) is 0 Å². The number of nitrogens with one attached hydrogen (secondary N) is 2. The van der Waals surface area contributed by atoms with E-state index >= 15 is 0 Å². The van der Waals surface area contributed by atoms with Gasteiger partial charge in [0.1, 0.15) is 0 Å². The molecule has 0 aromatic heterocycles. The minimum Gasteiger partial charge on any atom is -0.374 e. The molecule has 2 saturated heterocycles. The quantitative estimate of drug-likeness (QED) is 0.760. The summed E-state index contributed by atoms with van der Waals surface area (Å²) in [6, 6.07) is 0. The molecule has 2 N–H and O–H groups in total. The molecule has 1 saturated carbocycles. The average Bonchev–Trinajstić information content (AvgIpc) is 3.10. The molecule has 0 aromatic rings. The third-order valence-corrected chi connectivity index (χ3v) is 4.36. The molecule has 3 rings (SSSR count). The number of amides is 1. The van der Waals surface area contributed by atoms with Crippen molar-refractivity contribution >= 4 is 5.91 Å². The van der Waals surface area contributed by atoms with Crippen LogP contribution in [0.2, 0.25) is 0 Å². The first-order valence-electron chi connectivity index (χ1n) is 6.90. The summed E-state index contributed by atoms with van der Waals surface area (Å²) in [5.74, 6) is 1.06. The molecule has 17 heavy (non-hydrogen) atoms. The lowest BCUT2D eigenvalue weighted by Crippen LogP contribution is -2.42. The Morgan fingerprint density at radius 2 is 2.12 bits per heavy atom. The van der Waals surface area contributed by atoms with Gasteiger partial charge in [-0.3, -0.25) is 4.79 Å². The van der Waals surface area contributed by atoms with E-state index in [1.807, 2.05) is 0 Å². The fourth-order valence-corrected chi connectivity index (χ4v) is 2.95. The van der Waals surface area contributed by atoms with E-state index in [-0.39, 0.29) is 17.4 Å². The maximum absolute atomic E-state index is 12.0. The van der Waals surface area contributed by atoms with Crippen molar-refractivity contribution in [1.82, 2.24) is 10.6 Å². The van der Waals surface area contributed by atoms with Gasteiger partial charge in [-0.15, -0.1) is 0 Å². The van der Waals surface area contributed by atoms with E-state index in [4.69, 9.17) is 4.74 Å². The van der Waals surface area contributed by atoms with Gasteiger partial charge in [-0.25, -0.2) is 0 Å². The monoisotopic (exact) mass is 238 g/mol. The molecule has 3 fully saturated rings. The van der Waals surface area contributed by atoms with Crippen LogP contribution in [-0.4, -0.2) is 37.7 Å². The Hall–Kier alpha value is -0.610. The highest BCUT2D eigenvalue weighted by Crippen LogP contribution is 2.37. The van der Waals surface area contributed by atoms with Crippen LogP contribution in [0.15, 0.2) is 0 Å². The first kappa shape index (κ1) is 11.5. The van der Waals surface area contributed by atoms with Gasteiger partial charge in [0.05, 0.1) is 18.1 Å². The number of carbonyl (C=O) groups is 1. The van der Waals surface area contributed by atoms with E-state index in [1.54, 1.807) is 0 Å². The van der Waals surface area contributed by atoms with Crippen LogP contribution in [0.1, 0.15) is 32.1 Å². The number of hydrogen-bond donors (Lipinski definition) is 2. The third-order valence-electron chi connectivity index (χ3n) is 4.36. The van der Waals surface area contributed by atoms with Crippen molar-refractivity contribution in [2.75, 3.05) is 26.2 Å². The fourth-order valence-electron chi connectivity index (χ4n) is 2.95. The lowest BCUT2D eigenvalue weighted by atomic mass is 9.86. The van der Waals surface area contributed by atoms with Gasteiger partial charge < -0.3 is 15.4 Å². The first-order valence-corrected chi connectivity index (χ1v) is 6.90. The van der Waals surface area contributed by atoms with Crippen LogP contribution in [0, 0.1) is 11.8 Å². The Bertz CT molecular complexity index is 296. The molecule has 4 nitrogen and oxygen atoms in total. The van der Waals surface area contributed by atoms with Gasteiger partial charge in [-0.1, -0.05) is 0 Å². The van der Waals surface area contributed by atoms with Crippen LogP contribution in [0.3, 0.4) is 0 Å². The zero-order valence-electron chi connectivity index (χ0n) is 10.3. The van der Waals surface area contributed by atoms with Crippen LogP contribution in [-0.2, 0) is 9.53 Å². The summed E-state index contributed by atoms with van der Waals surface area (Å²) in [5.41, 5.74) is 0.00678. The first-order chi connectivity index (χ1) is 8.27. The Morgan fingerprint density at radius 1 is 1.35 bits per heavy atom. The molecule has 1 atom stereocenters. The Labute approximate surface area is 102 Å². The second-order valence-electron chi connectivity index (χ2n) is 5.83. The van der Waals surface area contributed by atoms with E-state index in [0.29, 0.717) is 6.61 Å². The SMILES string of the molecule is O=C(NCC1CC1)C1COC2(CCNCC2)C1. The summed E-state index contributed by atoms with van der Waals surface area (Å²) in [6.07, 6.45) is 5.61. The second-order valence-corrected chi connectivity index (χ2v) is 5.83. The van der Waals surface area contributed by atoms with Crippen molar-refractivity contribution in [2.24, 2.45) is 11.8 Å². The van der Waals surface area contributed by atoms with Crippen molar-refractivity contribution < 1.29 is 9.53 Å². The van der Waals surface area contributed by atoms with Gasteiger partial charge in [0.15, 0.2) is 0 Å². The van der Waals surface area contributed by atoms with Crippen LogP contribution in [0.5, 0.6) is 0 Å². The van der Waals surface area contributed by atoms with Gasteiger partial charge in [-0.05, 0) is 51.1 Å². The average molecular weight is 238 g/mol. The van der Waals surface area contributed by atoms with Crippen molar-refractivity contribution in [2.45, 2.75) is 37.7 Å². The summed E-state index contributed by atoms with van der Waals surface area (Å²) in [6.45, 7) is 3.55. The smallest absolute Gasteiger partial charge is 0.225 e. The maximum atomic E-state index is 12.0. The summed E-state index contributed by atoms with van der Waals surface area (Å²) in [5, 5.41) is 6.42. The van der Waals surface area contributed by atoms with E-state index in [9.17, 15) is 4.79 Å². The molecule has 2 heterocycles. The Kier molecular flexibility index (Phi) is 3.09. The number of piperidine rings is 1. The molecule has 2 aliphatic heterocycles. The van der Waals surface area contributed by atoms with Gasteiger partial charge in [-0.2, -0.15) is 0 Å². The molecule has 4 heteroatoms. The van der Waals surface area contributed by atoms with E-state index in [2.05, 4.69) is 10.6 Å². The molecule has 96 valence electrons. The molecule has 0 radical (unpaired) electrons. The largest absolute Gasteiger partial charge is 0.374 e. The highest BCUT2D eigenvalue weighted by atomic mass is 16.5. The van der Waals surface area contributed by atoms with E-state index < -0.39 is 0 Å². The Morgan fingerprint density at radius 3 is 2.82 bits per heavy atom. The topological polar surface area (TPSA) is 50.4 Å². The highest BCUT2D eigenvalue weighted by Gasteiger charge is 2.43. The standard InChI is InChI=1S/C13H22N2O2/c16-12(15-8-10-1-2-10)11-7-13(17-9-11)3-5-14-6-4-13/h10-11,14H,1-9H2,(H,15,16). The number of rotatable bonds is 3. The van der Waals surface area contributed by atoms with Gasteiger partial charge in [0.2, 0.25) is 5.91 Å². The molecular weight excluding hydrogens is 216 g/mol. The number of carbonyl (C=O) groups excluding carboxylic acids is 1. The second kappa shape index (κ2) is 4.58.